The molecule has 4 aliphatic carbocycles. The lowest BCUT2D eigenvalue weighted by molar-refractivity contribution is -0.143. The third-order valence-corrected chi connectivity index (χ3v) is 9.04. The Bertz CT molecular complexity index is 985. The lowest BCUT2D eigenvalue weighted by Gasteiger charge is -2.55. The summed E-state index contributed by atoms with van der Waals surface area (Å²) in [5.41, 5.74) is -3.44. The summed E-state index contributed by atoms with van der Waals surface area (Å²) in [6.45, 7) is 1.15. The largest absolute Gasteiger partial charge is 0.416 e. The SMILES string of the molecule is CC(=O)N(c1cc(C(F)(F)F)cc(C(F)(F)F)c1)C1CSC(=NC23CC4CC(CC(C4)C2)C3)N1C. The lowest BCUT2D eigenvalue weighted by atomic mass is 9.53. The van der Waals surface area contributed by atoms with Crippen LogP contribution in [0.1, 0.15) is 56.6 Å². The lowest BCUT2D eigenvalue weighted by Crippen LogP contribution is -2.51. The van der Waals surface area contributed by atoms with Crippen LogP contribution >= 0.6 is 11.8 Å². The molecule has 0 N–H and O–H groups in total. The summed E-state index contributed by atoms with van der Waals surface area (Å²) >= 11 is 1.41. The van der Waals surface area contributed by atoms with Gasteiger partial charge in [-0.2, -0.15) is 26.3 Å². The van der Waals surface area contributed by atoms with Crippen molar-refractivity contribution in [1.82, 2.24) is 4.90 Å². The molecule has 1 aliphatic heterocycles. The zero-order chi connectivity index (χ0) is 25.3. The van der Waals surface area contributed by atoms with Crippen molar-refractivity contribution in [2.24, 2.45) is 22.7 Å². The first kappa shape index (κ1) is 24.8. The molecule has 4 nitrogen and oxygen atoms in total. The highest BCUT2D eigenvalue weighted by Gasteiger charge is 2.52. The van der Waals surface area contributed by atoms with Gasteiger partial charge >= 0.3 is 12.4 Å². The molecule has 1 aromatic carbocycles. The normalized spacial score (nSPS) is 33.6. The van der Waals surface area contributed by atoms with Gasteiger partial charge in [0.05, 0.1) is 16.7 Å². The van der Waals surface area contributed by atoms with Gasteiger partial charge in [-0.25, -0.2) is 0 Å². The third kappa shape index (κ3) is 4.64. The van der Waals surface area contributed by atoms with Crippen LogP contribution in [0, 0.1) is 17.8 Å². The van der Waals surface area contributed by atoms with Crippen molar-refractivity contribution in [3.05, 3.63) is 29.3 Å². The number of alkyl halides is 6. The van der Waals surface area contributed by atoms with Crippen molar-refractivity contribution in [2.75, 3.05) is 17.7 Å². The number of rotatable bonds is 3. The van der Waals surface area contributed by atoms with Crippen LogP contribution < -0.4 is 4.90 Å². The second-order valence-electron chi connectivity index (χ2n) is 10.6. The van der Waals surface area contributed by atoms with Crippen LogP contribution in [0.4, 0.5) is 32.0 Å². The summed E-state index contributed by atoms with van der Waals surface area (Å²) in [5.74, 6) is 1.71. The number of amides is 1. The average Bonchev–Trinajstić information content (AvgIpc) is 3.05. The topological polar surface area (TPSA) is 35.9 Å². The predicted octanol–water partition coefficient (Wildman–Crippen LogP) is 6.41. The van der Waals surface area contributed by atoms with E-state index in [1.165, 1.54) is 31.0 Å². The number of aliphatic imine (C=N–C) groups is 1. The van der Waals surface area contributed by atoms with Crippen molar-refractivity contribution in [1.29, 1.82) is 0 Å². The fourth-order valence-electron chi connectivity index (χ4n) is 6.90. The Morgan fingerprint density at radius 3 is 1.89 bits per heavy atom. The van der Waals surface area contributed by atoms with Crippen molar-refractivity contribution in [2.45, 2.75) is 69.5 Å². The number of halogens is 6. The van der Waals surface area contributed by atoms with Crippen LogP contribution in [-0.2, 0) is 17.1 Å². The van der Waals surface area contributed by atoms with E-state index in [4.69, 9.17) is 4.99 Å². The molecular weight excluding hydrogens is 492 g/mol. The predicted molar refractivity (Wildman–Crippen MR) is 122 cm³/mol. The number of nitrogens with zero attached hydrogens (tertiary/aromatic N) is 3. The molecule has 4 saturated carbocycles. The Labute approximate surface area is 204 Å². The number of benzene rings is 1. The minimum Gasteiger partial charge on any atom is -0.333 e. The molecule has 1 aromatic rings. The Morgan fingerprint density at radius 1 is 0.971 bits per heavy atom. The van der Waals surface area contributed by atoms with Gasteiger partial charge in [0, 0.05) is 25.4 Å². The summed E-state index contributed by atoms with van der Waals surface area (Å²) < 4.78 is 80.6. The first-order valence-corrected chi connectivity index (χ1v) is 12.8. The average molecular weight is 520 g/mol. The second kappa shape index (κ2) is 8.31. The number of anilines is 1. The Balaban J connectivity index is 1.47. The molecule has 0 aromatic heterocycles. The maximum absolute atomic E-state index is 13.4. The van der Waals surface area contributed by atoms with Gasteiger partial charge < -0.3 is 4.90 Å². The van der Waals surface area contributed by atoms with Gasteiger partial charge in [0.25, 0.3) is 0 Å². The summed E-state index contributed by atoms with van der Waals surface area (Å²) in [5, 5.41) is 0.700. The van der Waals surface area contributed by atoms with E-state index >= 15 is 0 Å². The fourth-order valence-corrected chi connectivity index (χ4v) is 8.15. The molecule has 192 valence electrons. The third-order valence-electron chi connectivity index (χ3n) is 7.94. The molecule has 6 rings (SSSR count). The fraction of sp³-hybridized carbons (Fsp3) is 0.667. The molecule has 5 fully saturated rings. The molecule has 4 bridgehead atoms. The number of hydrogen-bond donors (Lipinski definition) is 0. The smallest absolute Gasteiger partial charge is 0.333 e. The highest BCUT2D eigenvalue weighted by molar-refractivity contribution is 8.14. The van der Waals surface area contributed by atoms with Crippen molar-refractivity contribution in [3.63, 3.8) is 0 Å². The summed E-state index contributed by atoms with van der Waals surface area (Å²) in [7, 11) is 1.71. The van der Waals surface area contributed by atoms with E-state index in [1.54, 1.807) is 11.9 Å². The van der Waals surface area contributed by atoms with Gasteiger partial charge in [-0.1, -0.05) is 11.8 Å². The molecule has 35 heavy (non-hydrogen) atoms. The van der Waals surface area contributed by atoms with Crippen molar-refractivity contribution >= 4 is 28.5 Å². The molecule has 1 unspecified atom stereocenters. The van der Waals surface area contributed by atoms with Gasteiger partial charge in [-0.3, -0.25) is 14.7 Å². The second-order valence-corrected chi connectivity index (χ2v) is 11.6. The number of amidine groups is 1. The van der Waals surface area contributed by atoms with Gasteiger partial charge in [-0.05, 0) is 74.5 Å². The summed E-state index contributed by atoms with van der Waals surface area (Å²) in [6, 6.07) is 1.31. The zero-order valence-electron chi connectivity index (χ0n) is 19.4. The van der Waals surface area contributed by atoms with E-state index in [-0.39, 0.29) is 11.6 Å². The monoisotopic (exact) mass is 519 g/mol. The van der Waals surface area contributed by atoms with E-state index in [0.29, 0.717) is 40.8 Å². The maximum Gasteiger partial charge on any atom is 0.416 e. The molecular formula is C24H27F6N3OS. The van der Waals surface area contributed by atoms with Gasteiger partial charge in [0.2, 0.25) is 5.91 Å². The minimum absolute atomic E-state index is 0.0782. The number of carbonyl (C=O) groups is 1. The van der Waals surface area contributed by atoms with Crippen LogP contribution in [-0.4, -0.2) is 40.5 Å². The highest BCUT2D eigenvalue weighted by atomic mass is 32.2. The summed E-state index contributed by atoms with van der Waals surface area (Å²) in [6.07, 6.45) is -3.86. The molecule has 1 heterocycles. The van der Waals surface area contributed by atoms with Gasteiger partial charge in [0.15, 0.2) is 5.17 Å². The maximum atomic E-state index is 13.4. The van der Waals surface area contributed by atoms with Crippen LogP contribution in [0.3, 0.4) is 0 Å². The van der Waals surface area contributed by atoms with Crippen molar-refractivity contribution in [3.8, 4) is 0 Å². The van der Waals surface area contributed by atoms with Gasteiger partial charge in [0.1, 0.15) is 6.17 Å². The van der Waals surface area contributed by atoms with Gasteiger partial charge in [-0.15, -0.1) is 0 Å². The first-order chi connectivity index (χ1) is 16.2. The quantitative estimate of drug-likeness (QED) is 0.433. The summed E-state index contributed by atoms with van der Waals surface area (Å²) in [4.78, 5) is 20.5. The molecule has 0 radical (unpaired) electrons. The van der Waals surface area contributed by atoms with Crippen LogP contribution in [0.25, 0.3) is 0 Å². The van der Waals surface area contributed by atoms with E-state index in [2.05, 4.69) is 0 Å². The van der Waals surface area contributed by atoms with E-state index in [0.717, 1.165) is 31.1 Å². The Kier molecular flexibility index (Phi) is 5.88. The molecule has 11 heteroatoms. The van der Waals surface area contributed by atoms with Crippen molar-refractivity contribution < 1.29 is 31.1 Å². The molecule has 5 aliphatic rings. The van der Waals surface area contributed by atoms with Crippen LogP contribution in [0.2, 0.25) is 0 Å². The van der Waals surface area contributed by atoms with E-state index in [1.807, 2.05) is 0 Å². The highest BCUT2D eigenvalue weighted by Crippen LogP contribution is 2.57. The zero-order valence-corrected chi connectivity index (χ0v) is 20.2. The Hall–Kier alpha value is -1.91. The van der Waals surface area contributed by atoms with Crippen LogP contribution in [0.5, 0.6) is 0 Å². The Morgan fingerprint density at radius 2 is 1.46 bits per heavy atom. The van der Waals surface area contributed by atoms with E-state index < -0.39 is 41.2 Å². The van der Waals surface area contributed by atoms with E-state index in [9.17, 15) is 31.1 Å². The molecule has 1 saturated heterocycles. The molecule has 0 spiro atoms. The number of thioether (sulfide) groups is 1. The molecule has 1 amide bonds. The number of hydrogen-bond acceptors (Lipinski definition) is 3. The van der Waals surface area contributed by atoms with Crippen LogP contribution in [0.15, 0.2) is 23.2 Å². The standard InChI is InChI=1S/C24H27F6N3OS/c1-13(34)33(19-7-17(23(25,26)27)6-18(8-19)24(28,29)30)20-12-35-21(32(20)2)31-22-9-14-3-15(10-22)5-16(4-14)11-22/h6-8,14-16,20H,3-5,9-12H2,1-2H3. The minimum atomic E-state index is -4.99. The number of carbonyl (C=O) groups excluding carboxylic acids is 1. The molecule has 1 atom stereocenters. The first-order valence-electron chi connectivity index (χ1n) is 11.8.